The summed E-state index contributed by atoms with van der Waals surface area (Å²) in [6.45, 7) is 0. The molecular formula is C23H11Cl2F3N6O2. The van der Waals surface area contributed by atoms with Gasteiger partial charge in [-0.25, -0.2) is 9.20 Å². The van der Waals surface area contributed by atoms with Crippen molar-refractivity contribution in [2.75, 3.05) is 10.6 Å². The van der Waals surface area contributed by atoms with Crippen LogP contribution in [0.1, 0.15) is 26.4 Å². The third-order valence-corrected chi connectivity index (χ3v) is 6.37. The van der Waals surface area contributed by atoms with Crippen molar-refractivity contribution in [3.63, 3.8) is 0 Å². The first-order valence-electron chi connectivity index (χ1n) is 10.3. The molecule has 0 bridgehead atoms. The maximum atomic E-state index is 14.3. The molecule has 1 aliphatic rings. The first-order chi connectivity index (χ1) is 17.1. The van der Waals surface area contributed by atoms with Gasteiger partial charge >= 0.3 is 6.18 Å². The Labute approximate surface area is 209 Å². The number of hydrogen-bond donors (Lipinski definition) is 2. The number of rotatable bonds is 3. The largest absolute Gasteiger partial charge is 0.434 e. The molecule has 1 aliphatic heterocycles. The summed E-state index contributed by atoms with van der Waals surface area (Å²) in [6, 6.07) is 10.4. The molecule has 180 valence electrons. The van der Waals surface area contributed by atoms with Gasteiger partial charge in [-0.05, 0) is 30.3 Å². The van der Waals surface area contributed by atoms with Gasteiger partial charge in [-0.1, -0.05) is 35.3 Å². The number of carbonyl (C=O) groups is 2. The zero-order valence-electron chi connectivity index (χ0n) is 17.7. The first-order valence-corrected chi connectivity index (χ1v) is 11.1. The maximum Gasteiger partial charge on any atom is 0.434 e. The van der Waals surface area contributed by atoms with Crippen LogP contribution in [-0.4, -0.2) is 31.2 Å². The molecule has 0 unspecified atom stereocenters. The lowest BCUT2D eigenvalue weighted by atomic mass is 10.0. The lowest BCUT2D eigenvalue weighted by Crippen LogP contribution is -2.21. The van der Waals surface area contributed by atoms with Gasteiger partial charge in [0.2, 0.25) is 0 Å². The Morgan fingerprint density at radius 1 is 1.06 bits per heavy atom. The molecule has 0 spiro atoms. The highest BCUT2D eigenvalue weighted by atomic mass is 35.5. The van der Waals surface area contributed by atoms with Gasteiger partial charge in [-0.2, -0.15) is 23.4 Å². The van der Waals surface area contributed by atoms with Gasteiger partial charge in [0.15, 0.2) is 5.69 Å². The van der Waals surface area contributed by atoms with E-state index in [0.29, 0.717) is 32.2 Å². The highest BCUT2D eigenvalue weighted by Gasteiger charge is 2.41. The van der Waals surface area contributed by atoms with Crippen molar-refractivity contribution < 1.29 is 22.8 Å². The zero-order chi connectivity index (χ0) is 25.4. The van der Waals surface area contributed by atoms with E-state index in [2.05, 4.69) is 20.8 Å². The SMILES string of the molecule is O=C(Nc1cc(Cl)n2ncc(Cl)c2c1)c1cnn(-c2ccc3c4c(cccc24)C(=O)N3)c1C(F)(F)F. The highest BCUT2D eigenvalue weighted by Crippen LogP contribution is 2.39. The van der Waals surface area contributed by atoms with Gasteiger partial charge < -0.3 is 10.6 Å². The number of alkyl halides is 3. The normalized spacial score (nSPS) is 13.0. The molecule has 2 N–H and O–H groups in total. The average Bonchev–Trinajstić information content (AvgIpc) is 3.51. The molecule has 4 heterocycles. The number of anilines is 2. The lowest BCUT2D eigenvalue weighted by molar-refractivity contribution is -0.143. The summed E-state index contributed by atoms with van der Waals surface area (Å²) in [6.07, 6.45) is -2.74. The Bertz CT molecular complexity index is 1760. The van der Waals surface area contributed by atoms with Crippen LogP contribution >= 0.6 is 23.2 Å². The summed E-state index contributed by atoms with van der Waals surface area (Å²) in [5.74, 6) is -1.40. The summed E-state index contributed by atoms with van der Waals surface area (Å²) in [5.41, 5.74) is -0.595. The summed E-state index contributed by atoms with van der Waals surface area (Å²) in [5, 5.41) is 14.2. The minimum atomic E-state index is -4.93. The van der Waals surface area contributed by atoms with E-state index < -0.39 is 23.3 Å². The second-order valence-corrected chi connectivity index (χ2v) is 8.74. The topological polar surface area (TPSA) is 93.3 Å². The van der Waals surface area contributed by atoms with E-state index in [1.54, 1.807) is 18.2 Å². The van der Waals surface area contributed by atoms with E-state index in [9.17, 15) is 22.8 Å². The Hall–Kier alpha value is -4.09. The number of nitrogens with one attached hydrogen (secondary N) is 2. The molecule has 0 atom stereocenters. The summed E-state index contributed by atoms with van der Waals surface area (Å²) >= 11 is 12.2. The van der Waals surface area contributed by atoms with Gasteiger partial charge in [-0.15, -0.1) is 0 Å². The number of halogens is 5. The van der Waals surface area contributed by atoms with Crippen LogP contribution in [0.3, 0.4) is 0 Å². The fourth-order valence-corrected chi connectivity index (χ4v) is 4.75. The predicted molar refractivity (Wildman–Crippen MR) is 127 cm³/mol. The number of pyridine rings is 1. The highest BCUT2D eigenvalue weighted by molar-refractivity contribution is 6.34. The molecule has 0 saturated heterocycles. The summed E-state index contributed by atoms with van der Waals surface area (Å²) in [7, 11) is 0. The standard InChI is InChI=1S/C23H11Cl2F3N6O2/c24-14-9-30-33-17(14)6-10(7-18(33)25)31-22(36)13-8-29-34(20(13)23(26,27)28)16-5-4-15-19-11(16)2-1-3-12(19)21(35)32-15/h1-9H,(H,31,36)(H,32,35). The van der Waals surface area contributed by atoms with E-state index in [-0.39, 0.29) is 27.5 Å². The van der Waals surface area contributed by atoms with Crippen molar-refractivity contribution >= 4 is 62.7 Å². The van der Waals surface area contributed by atoms with Crippen molar-refractivity contribution in [2.45, 2.75) is 6.18 Å². The van der Waals surface area contributed by atoms with Crippen LogP contribution in [-0.2, 0) is 6.18 Å². The van der Waals surface area contributed by atoms with Crippen molar-refractivity contribution in [1.29, 1.82) is 0 Å². The van der Waals surface area contributed by atoms with Gasteiger partial charge in [0.05, 0.1) is 34.2 Å². The Morgan fingerprint density at radius 2 is 1.86 bits per heavy atom. The average molecular weight is 531 g/mol. The van der Waals surface area contributed by atoms with Crippen LogP contribution in [0.5, 0.6) is 0 Å². The van der Waals surface area contributed by atoms with E-state index in [0.717, 1.165) is 6.20 Å². The van der Waals surface area contributed by atoms with Gasteiger partial charge in [0, 0.05) is 27.7 Å². The minimum Gasteiger partial charge on any atom is -0.322 e. The summed E-state index contributed by atoms with van der Waals surface area (Å²) < 4.78 is 44.8. The monoisotopic (exact) mass is 530 g/mol. The minimum absolute atomic E-state index is 0.0639. The number of aromatic nitrogens is 4. The number of benzene rings is 2. The molecule has 0 aliphatic carbocycles. The van der Waals surface area contributed by atoms with Crippen LogP contribution < -0.4 is 10.6 Å². The third kappa shape index (κ3) is 3.31. The first kappa shape index (κ1) is 22.4. The molecule has 0 fully saturated rings. The van der Waals surface area contributed by atoms with Crippen molar-refractivity contribution in [3.05, 3.63) is 81.9 Å². The van der Waals surface area contributed by atoms with Crippen LogP contribution in [0, 0.1) is 0 Å². The van der Waals surface area contributed by atoms with E-state index in [1.807, 2.05) is 0 Å². The number of amides is 2. The second-order valence-electron chi connectivity index (χ2n) is 7.94. The van der Waals surface area contributed by atoms with E-state index in [4.69, 9.17) is 23.2 Å². The van der Waals surface area contributed by atoms with Crippen molar-refractivity contribution in [2.24, 2.45) is 0 Å². The van der Waals surface area contributed by atoms with E-state index in [1.165, 1.54) is 35.0 Å². The van der Waals surface area contributed by atoms with Crippen molar-refractivity contribution in [1.82, 2.24) is 19.4 Å². The molecular weight excluding hydrogens is 520 g/mol. The van der Waals surface area contributed by atoms with Crippen LogP contribution in [0.15, 0.2) is 54.9 Å². The zero-order valence-corrected chi connectivity index (χ0v) is 19.2. The second kappa shape index (κ2) is 7.70. The Kier molecular flexibility index (Phi) is 4.79. The fourth-order valence-electron chi connectivity index (χ4n) is 4.32. The molecule has 8 nitrogen and oxygen atoms in total. The lowest BCUT2D eigenvalue weighted by Gasteiger charge is -2.15. The van der Waals surface area contributed by atoms with Crippen molar-refractivity contribution in [3.8, 4) is 5.69 Å². The maximum absolute atomic E-state index is 14.3. The predicted octanol–water partition coefficient (Wildman–Crippen LogP) is 5.82. The van der Waals surface area contributed by atoms with Gasteiger partial charge in [-0.3, -0.25) is 9.59 Å². The molecule has 36 heavy (non-hydrogen) atoms. The van der Waals surface area contributed by atoms with Gasteiger partial charge in [0.25, 0.3) is 11.8 Å². The molecule has 0 radical (unpaired) electrons. The molecule has 2 amide bonds. The smallest absolute Gasteiger partial charge is 0.322 e. The Morgan fingerprint density at radius 3 is 2.64 bits per heavy atom. The molecule has 2 aromatic carbocycles. The molecule has 3 aromatic heterocycles. The number of fused-ring (bicyclic) bond motifs is 1. The summed E-state index contributed by atoms with van der Waals surface area (Å²) in [4.78, 5) is 25.2. The molecule has 6 rings (SSSR count). The third-order valence-electron chi connectivity index (χ3n) is 5.81. The number of carbonyl (C=O) groups excluding carboxylic acids is 2. The van der Waals surface area contributed by atoms with E-state index >= 15 is 0 Å². The van der Waals surface area contributed by atoms with Gasteiger partial charge in [0.1, 0.15) is 5.15 Å². The quantitative estimate of drug-likeness (QED) is 0.287. The van der Waals surface area contributed by atoms with Crippen LogP contribution in [0.25, 0.3) is 22.0 Å². The van der Waals surface area contributed by atoms with Crippen LogP contribution in [0.4, 0.5) is 24.5 Å². The Balaban J connectivity index is 1.47. The molecule has 0 saturated carbocycles. The number of nitrogens with zero attached hydrogens (tertiary/aromatic N) is 4. The molecule has 5 aromatic rings. The van der Waals surface area contributed by atoms with Crippen LogP contribution in [0.2, 0.25) is 10.2 Å². The fraction of sp³-hybridized carbons (Fsp3) is 0.0435. The molecule has 13 heteroatoms. The number of hydrogen-bond acceptors (Lipinski definition) is 4.